The van der Waals surface area contributed by atoms with Crippen LogP contribution in [0.5, 0.6) is 0 Å². The monoisotopic (exact) mass is 347 g/mol. The van der Waals surface area contributed by atoms with E-state index in [1.165, 1.54) is 32.0 Å². The minimum absolute atomic E-state index is 0.122. The largest absolute Gasteiger partial charge is 0.490 e. The number of anilines is 1. The average molecular weight is 347 g/mol. The Labute approximate surface area is 142 Å². The Morgan fingerprint density at radius 3 is 2.83 bits per heavy atom. The van der Waals surface area contributed by atoms with Gasteiger partial charge in [-0.3, -0.25) is 4.79 Å². The second kappa shape index (κ2) is 7.43. The van der Waals surface area contributed by atoms with E-state index in [9.17, 15) is 14.9 Å². The Morgan fingerprint density at radius 1 is 1.38 bits per heavy atom. The molecule has 1 aliphatic rings. The Morgan fingerprint density at radius 2 is 2.12 bits per heavy atom. The molecule has 9 heteroatoms. The fourth-order valence-electron chi connectivity index (χ4n) is 2.64. The van der Waals surface area contributed by atoms with Gasteiger partial charge in [0.15, 0.2) is 0 Å². The smallest absolute Gasteiger partial charge is 0.390 e. The Kier molecular flexibility index (Phi) is 5.09. The number of carbonyl (C=O) groups excluding carboxylic acids is 1. The Bertz CT molecular complexity index is 742. The number of nitrogens with zero attached hydrogens (tertiary/aromatic N) is 4. The summed E-state index contributed by atoms with van der Waals surface area (Å²) in [4.78, 5) is 26.6. The summed E-state index contributed by atoms with van der Waals surface area (Å²) >= 11 is 1.80. The SMILES string of the molecule is O=C(Cn1cnc([N+](=O)[O-])n1)Nc1ccccc1SC1CCCC1. The number of aromatic nitrogens is 3. The summed E-state index contributed by atoms with van der Waals surface area (Å²) in [5.74, 6) is -0.811. The number of thioether (sulfide) groups is 1. The maximum Gasteiger partial charge on any atom is 0.490 e. The average Bonchev–Trinajstić information content (AvgIpc) is 3.21. The summed E-state index contributed by atoms with van der Waals surface area (Å²) in [6, 6.07) is 7.68. The fourth-order valence-corrected chi connectivity index (χ4v) is 3.97. The molecule has 8 nitrogen and oxygen atoms in total. The summed E-state index contributed by atoms with van der Waals surface area (Å²) in [6.07, 6.45) is 6.11. The van der Waals surface area contributed by atoms with Gasteiger partial charge < -0.3 is 15.4 Å². The lowest BCUT2D eigenvalue weighted by Gasteiger charge is -2.13. The number of rotatable bonds is 6. The van der Waals surface area contributed by atoms with Crippen LogP contribution in [0, 0.1) is 10.1 Å². The maximum atomic E-state index is 12.2. The van der Waals surface area contributed by atoms with E-state index in [1.54, 1.807) is 11.8 Å². The van der Waals surface area contributed by atoms with Gasteiger partial charge in [0.2, 0.25) is 12.2 Å². The fraction of sp³-hybridized carbons (Fsp3) is 0.400. The van der Waals surface area contributed by atoms with Crippen molar-refractivity contribution < 1.29 is 9.72 Å². The zero-order chi connectivity index (χ0) is 16.9. The zero-order valence-electron chi connectivity index (χ0n) is 12.9. The molecule has 1 fully saturated rings. The van der Waals surface area contributed by atoms with Crippen molar-refractivity contribution in [2.45, 2.75) is 42.4 Å². The van der Waals surface area contributed by atoms with Crippen molar-refractivity contribution in [2.24, 2.45) is 0 Å². The van der Waals surface area contributed by atoms with Crippen LogP contribution in [-0.4, -0.2) is 30.8 Å². The summed E-state index contributed by atoms with van der Waals surface area (Å²) in [5.41, 5.74) is 0.758. The molecule has 0 radical (unpaired) electrons. The first-order valence-electron chi connectivity index (χ1n) is 7.71. The predicted octanol–water partition coefficient (Wildman–Crippen LogP) is 2.86. The summed E-state index contributed by atoms with van der Waals surface area (Å²) < 4.78 is 1.15. The number of hydrogen-bond acceptors (Lipinski definition) is 6. The lowest BCUT2D eigenvalue weighted by Crippen LogP contribution is -2.19. The van der Waals surface area contributed by atoms with Crippen LogP contribution in [0.1, 0.15) is 25.7 Å². The minimum atomic E-state index is -0.693. The van der Waals surface area contributed by atoms with Gasteiger partial charge in [-0.05, 0) is 29.9 Å². The zero-order valence-corrected chi connectivity index (χ0v) is 13.7. The van der Waals surface area contributed by atoms with Gasteiger partial charge in [0, 0.05) is 15.2 Å². The molecule has 0 unspecified atom stereocenters. The van der Waals surface area contributed by atoms with E-state index in [-0.39, 0.29) is 12.5 Å². The van der Waals surface area contributed by atoms with Crippen LogP contribution in [0.4, 0.5) is 11.6 Å². The molecule has 1 aliphatic carbocycles. The maximum absolute atomic E-state index is 12.2. The van der Waals surface area contributed by atoms with Crippen LogP contribution < -0.4 is 5.32 Å². The Balaban J connectivity index is 1.64. The number of nitro groups is 1. The molecule has 0 atom stereocenters. The van der Waals surface area contributed by atoms with Gasteiger partial charge in [0.25, 0.3) is 0 Å². The van der Waals surface area contributed by atoms with Gasteiger partial charge in [-0.15, -0.1) is 11.8 Å². The number of benzene rings is 1. The highest BCUT2D eigenvalue weighted by Crippen LogP contribution is 2.37. The molecule has 0 bridgehead atoms. The molecule has 0 saturated heterocycles. The van der Waals surface area contributed by atoms with Gasteiger partial charge in [0.1, 0.15) is 6.54 Å². The number of para-hydroxylation sites is 1. The van der Waals surface area contributed by atoms with Crippen LogP contribution in [0.2, 0.25) is 0 Å². The van der Waals surface area contributed by atoms with E-state index in [0.717, 1.165) is 15.3 Å². The molecule has 1 N–H and O–H groups in total. The molecule has 3 rings (SSSR count). The first-order valence-corrected chi connectivity index (χ1v) is 8.59. The van der Waals surface area contributed by atoms with Crippen molar-refractivity contribution in [1.29, 1.82) is 0 Å². The molecule has 2 aromatic rings. The van der Waals surface area contributed by atoms with E-state index in [4.69, 9.17) is 0 Å². The number of hydrogen-bond donors (Lipinski definition) is 1. The van der Waals surface area contributed by atoms with E-state index in [1.807, 2.05) is 24.3 Å². The lowest BCUT2D eigenvalue weighted by atomic mass is 10.3. The molecule has 1 saturated carbocycles. The molecule has 1 aromatic carbocycles. The van der Waals surface area contributed by atoms with Crippen LogP contribution in [-0.2, 0) is 11.3 Å². The second-order valence-electron chi connectivity index (χ2n) is 5.57. The number of carbonyl (C=O) groups is 1. The van der Waals surface area contributed by atoms with Crippen molar-refractivity contribution >= 4 is 29.3 Å². The first kappa shape index (κ1) is 16.4. The molecule has 1 amide bonds. The molecule has 0 spiro atoms. The highest BCUT2D eigenvalue weighted by molar-refractivity contribution is 8.00. The number of nitrogens with one attached hydrogen (secondary N) is 1. The van der Waals surface area contributed by atoms with Crippen molar-refractivity contribution in [3.05, 3.63) is 40.7 Å². The molecule has 24 heavy (non-hydrogen) atoms. The van der Waals surface area contributed by atoms with E-state index >= 15 is 0 Å². The van der Waals surface area contributed by atoms with Crippen molar-refractivity contribution in [3.63, 3.8) is 0 Å². The molecule has 0 aliphatic heterocycles. The minimum Gasteiger partial charge on any atom is -0.390 e. The molecule has 126 valence electrons. The lowest BCUT2D eigenvalue weighted by molar-refractivity contribution is -0.394. The summed E-state index contributed by atoms with van der Waals surface area (Å²) in [5, 5.41) is 17.7. The number of amides is 1. The van der Waals surface area contributed by atoms with Crippen molar-refractivity contribution in [3.8, 4) is 0 Å². The molecule has 1 heterocycles. The summed E-state index contributed by atoms with van der Waals surface area (Å²) in [6.45, 7) is -0.122. The molecule has 1 aromatic heterocycles. The van der Waals surface area contributed by atoms with Gasteiger partial charge >= 0.3 is 5.95 Å². The van der Waals surface area contributed by atoms with E-state index in [2.05, 4.69) is 15.4 Å². The van der Waals surface area contributed by atoms with Crippen LogP contribution in [0.25, 0.3) is 0 Å². The van der Waals surface area contributed by atoms with Crippen LogP contribution in [0.3, 0.4) is 0 Å². The Hall–Kier alpha value is -2.42. The third-order valence-electron chi connectivity index (χ3n) is 3.75. The van der Waals surface area contributed by atoms with Crippen molar-refractivity contribution in [1.82, 2.24) is 14.8 Å². The van der Waals surface area contributed by atoms with Gasteiger partial charge in [-0.25, -0.2) is 0 Å². The van der Waals surface area contributed by atoms with Crippen LogP contribution in [0.15, 0.2) is 35.5 Å². The van der Waals surface area contributed by atoms with Gasteiger partial charge in [0.05, 0.1) is 5.69 Å². The van der Waals surface area contributed by atoms with Gasteiger partial charge in [-0.2, -0.15) is 4.68 Å². The van der Waals surface area contributed by atoms with Crippen molar-refractivity contribution in [2.75, 3.05) is 5.32 Å². The van der Waals surface area contributed by atoms with Gasteiger partial charge in [-0.1, -0.05) is 30.0 Å². The van der Waals surface area contributed by atoms with E-state index < -0.39 is 10.9 Å². The molecular weight excluding hydrogens is 330 g/mol. The topological polar surface area (TPSA) is 103 Å². The third kappa shape index (κ3) is 4.10. The standard InChI is InChI=1S/C15H17N5O3S/c21-14(9-19-10-16-15(18-19)20(22)23)17-12-7-3-4-8-13(12)24-11-5-1-2-6-11/h3-4,7-8,10-11H,1-2,5-6,9H2,(H,17,21). The predicted molar refractivity (Wildman–Crippen MR) is 89.9 cm³/mol. The normalized spacial score (nSPS) is 14.7. The second-order valence-corrected chi connectivity index (χ2v) is 6.91. The third-order valence-corrected chi connectivity index (χ3v) is 5.16. The summed E-state index contributed by atoms with van der Waals surface area (Å²) in [7, 11) is 0. The highest BCUT2D eigenvalue weighted by atomic mass is 32.2. The van der Waals surface area contributed by atoms with E-state index in [0.29, 0.717) is 5.25 Å². The van der Waals surface area contributed by atoms with Crippen LogP contribution >= 0.6 is 11.8 Å². The highest BCUT2D eigenvalue weighted by Gasteiger charge is 2.19. The molecular formula is C15H17N5O3S. The first-order chi connectivity index (χ1) is 11.6. The quantitative estimate of drug-likeness (QED) is 0.636.